The number of rotatable bonds is 7. The van der Waals surface area contributed by atoms with Crippen LogP contribution in [0.15, 0.2) is 96.4 Å². The molecule has 0 saturated carbocycles. The highest BCUT2D eigenvalue weighted by Gasteiger charge is 2.25. The van der Waals surface area contributed by atoms with Gasteiger partial charge in [-0.25, -0.2) is 4.68 Å². The highest BCUT2D eigenvalue weighted by molar-refractivity contribution is 5.66. The molecule has 1 aromatic carbocycles. The van der Waals surface area contributed by atoms with Crippen molar-refractivity contribution < 1.29 is 9.52 Å². The van der Waals surface area contributed by atoms with Crippen molar-refractivity contribution in [1.82, 2.24) is 25.0 Å². The van der Waals surface area contributed by atoms with Gasteiger partial charge in [0, 0.05) is 35.3 Å². The molecular formula is C24H21N5O2. The van der Waals surface area contributed by atoms with Gasteiger partial charge in [0.15, 0.2) is 6.10 Å². The Labute approximate surface area is 179 Å². The van der Waals surface area contributed by atoms with Crippen molar-refractivity contribution in [3.63, 3.8) is 0 Å². The van der Waals surface area contributed by atoms with Crippen LogP contribution in [0.1, 0.15) is 24.5 Å². The maximum atomic E-state index is 11.1. The first kappa shape index (κ1) is 20.2. The monoisotopic (exact) mass is 411 g/mol. The maximum absolute atomic E-state index is 11.1. The molecule has 1 N–H and O–H groups in total. The third-order valence-electron chi connectivity index (χ3n) is 4.56. The van der Waals surface area contributed by atoms with Gasteiger partial charge in [-0.15, -0.1) is 10.2 Å². The van der Waals surface area contributed by atoms with Crippen molar-refractivity contribution in [2.45, 2.75) is 13.0 Å². The van der Waals surface area contributed by atoms with Crippen LogP contribution in [0.2, 0.25) is 0 Å². The first-order valence-corrected chi connectivity index (χ1v) is 9.74. The molecule has 0 aliphatic rings. The van der Waals surface area contributed by atoms with Crippen molar-refractivity contribution in [3.05, 3.63) is 103 Å². The lowest BCUT2D eigenvalue weighted by molar-refractivity contribution is 0.184. The van der Waals surface area contributed by atoms with Gasteiger partial charge in [0.25, 0.3) is 0 Å². The summed E-state index contributed by atoms with van der Waals surface area (Å²) in [5.74, 6) is 0.426. The minimum absolute atomic E-state index is 0.0869. The number of allylic oxidation sites excluding steroid dienone is 5. The van der Waals surface area contributed by atoms with Gasteiger partial charge in [-0.1, -0.05) is 36.9 Å². The zero-order valence-corrected chi connectivity index (χ0v) is 17.0. The molecule has 0 spiro atoms. The maximum Gasteiger partial charge on any atom is 0.250 e. The van der Waals surface area contributed by atoms with Crippen LogP contribution in [-0.2, 0) is 0 Å². The SMILES string of the molecule is C=C/C=C(\C=C/C)n1cc(C(O)c2nnc(-c3ccccc3)o2)c(-c2cccnc2)n1. The smallest absolute Gasteiger partial charge is 0.250 e. The fraction of sp³-hybridized carbons (Fsp3) is 0.0833. The number of nitrogens with zero attached hydrogens (tertiary/aromatic N) is 5. The minimum atomic E-state index is -1.16. The summed E-state index contributed by atoms with van der Waals surface area (Å²) in [4.78, 5) is 4.18. The number of aliphatic hydroxyl groups excluding tert-OH is 1. The van der Waals surface area contributed by atoms with Gasteiger partial charge < -0.3 is 9.52 Å². The van der Waals surface area contributed by atoms with E-state index in [4.69, 9.17) is 4.42 Å². The van der Waals surface area contributed by atoms with Gasteiger partial charge in [-0.3, -0.25) is 4.98 Å². The predicted octanol–water partition coefficient (Wildman–Crippen LogP) is 4.68. The Hall–Kier alpha value is -4.10. The van der Waals surface area contributed by atoms with Crippen molar-refractivity contribution in [2.75, 3.05) is 0 Å². The number of hydrogen-bond donors (Lipinski definition) is 1. The van der Waals surface area contributed by atoms with E-state index in [1.54, 1.807) is 29.3 Å². The molecule has 3 heterocycles. The predicted molar refractivity (Wildman–Crippen MR) is 119 cm³/mol. The third kappa shape index (κ3) is 4.26. The lowest BCUT2D eigenvalue weighted by atomic mass is 10.1. The van der Waals surface area contributed by atoms with Crippen molar-refractivity contribution in [2.24, 2.45) is 0 Å². The first-order valence-electron chi connectivity index (χ1n) is 9.74. The molecule has 0 radical (unpaired) electrons. The van der Waals surface area contributed by atoms with Crippen LogP contribution < -0.4 is 0 Å². The Morgan fingerprint density at radius 1 is 1.13 bits per heavy atom. The van der Waals surface area contributed by atoms with Gasteiger partial charge >= 0.3 is 0 Å². The number of aliphatic hydroxyl groups is 1. The summed E-state index contributed by atoms with van der Waals surface area (Å²) in [6.45, 7) is 5.68. The molecule has 0 bridgehead atoms. The van der Waals surface area contributed by atoms with Gasteiger partial charge in [-0.05, 0) is 43.3 Å². The third-order valence-corrected chi connectivity index (χ3v) is 4.56. The average Bonchev–Trinajstić information content (AvgIpc) is 3.48. The van der Waals surface area contributed by atoms with Gasteiger partial charge in [-0.2, -0.15) is 5.10 Å². The van der Waals surface area contributed by atoms with Gasteiger partial charge in [0.2, 0.25) is 11.8 Å². The fourth-order valence-corrected chi connectivity index (χ4v) is 3.12. The zero-order chi connectivity index (χ0) is 21.6. The minimum Gasteiger partial charge on any atom is -0.417 e. The number of pyridine rings is 1. The Bertz CT molecular complexity index is 1220. The van der Waals surface area contributed by atoms with Gasteiger partial charge in [0.05, 0.1) is 5.70 Å². The van der Waals surface area contributed by atoms with Gasteiger partial charge in [0.1, 0.15) is 5.69 Å². The van der Waals surface area contributed by atoms with E-state index in [9.17, 15) is 5.11 Å². The second kappa shape index (κ2) is 9.15. The fourth-order valence-electron chi connectivity index (χ4n) is 3.12. The highest BCUT2D eigenvalue weighted by atomic mass is 16.4. The number of aromatic nitrogens is 5. The molecule has 7 nitrogen and oxygen atoms in total. The Balaban J connectivity index is 1.78. The molecule has 0 amide bonds. The molecular weight excluding hydrogens is 390 g/mol. The lowest BCUT2D eigenvalue weighted by Crippen LogP contribution is -2.01. The second-order valence-electron chi connectivity index (χ2n) is 6.66. The van der Waals surface area contributed by atoms with E-state index < -0.39 is 6.10 Å². The molecule has 0 fully saturated rings. The molecule has 0 saturated heterocycles. The zero-order valence-electron chi connectivity index (χ0n) is 17.0. The Kier molecular flexibility index (Phi) is 5.96. The summed E-state index contributed by atoms with van der Waals surface area (Å²) >= 11 is 0. The van der Waals surface area contributed by atoms with Crippen LogP contribution >= 0.6 is 0 Å². The summed E-state index contributed by atoms with van der Waals surface area (Å²) in [5, 5.41) is 24.0. The molecule has 0 aliphatic carbocycles. The largest absolute Gasteiger partial charge is 0.417 e. The van der Waals surface area contributed by atoms with E-state index in [2.05, 4.69) is 26.9 Å². The van der Waals surface area contributed by atoms with Crippen LogP contribution in [-0.4, -0.2) is 30.1 Å². The molecule has 7 heteroatoms. The van der Waals surface area contributed by atoms with E-state index in [0.29, 0.717) is 17.1 Å². The molecule has 4 aromatic rings. The summed E-state index contributed by atoms with van der Waals surface area (Å²) in [7, 11) is 0. The lowest BCUT2D eigenvalue weighted by Gasteiger charge is -2.06. The first-order chi connectivity index (χ1) is 15.2. The Morgan fingerprint density at radius 2 is 1.94 bits per heavy atom. The van der Waals surface area contributed by atoms with Crippen molar-refractivity contribution in [3.8, 4) is 22.7 Å². The number of hydrogen-bond acceptors (Lipinski definition) is 6. The summed E-state index contributed by atoms with van der Waals surface area (Å²) < 4.78 is 7.45. The van der Waals surface area contributed by atoms with Crippen LogP contribution in [0.25, 0.3) is 28.4 Å². The topological polar surface area (TPSA) is 89.9 Å². The second-order valence-corrected chi connectivity index (χ2v) is 6.66. The molecule has 31 heavy (non-hydrogen) atoms. The molecule has 4 rings (SSSR count). The highest BCUT2D eigenvalue weighted by Crippen LogP contribution is 2.32. The van der Waals surface area contributed by atoms with E-state index in [-0.39, 0.29) is 5.89 Å². The van der Waals surface area contributed by atoms with E-state index in [1.165, 1.54) is 0 Å². The summed E-state index contributed by atoms with van der Waals surface area (Å²) in [6, 6.07) is 13.1. The molecule has 0 aliphatic heterocycles. The Morgan fingerprint density at radius 3 is 2.65 bits per heavy atom. The summed E-state index contributed by atoms with van der Waals surface area (Å²) in [6.07, 6.45) is 11.3. The molecule has 1 unspecified atom stereocenters. The average molecular weight is 411 g/mol. The van der Waals surface area contributed by atoms with Crippen molar-refractivity contribution in [1.29, 1.82) is 0 Å². The van der Waals surface area contributed by atoms with Crippen LogP contribution in [0.4, 0.5) is 0 Å². The standard InChI is InChI=1S/C24H21N5O2/c1-3-9-19(10-4-2)29-16-20(21(28-29)18-13-8-14-25-15-18)22(30)24-27-26-23(31-24)17-11-6-5-7-12-17/h3-16,22,30H,1H2,2H3/b10-4-,19-9+. The molecule has 1 atom stereocenters. The van der Waals surface area contributed by atoms with Crippen LogP contribution in [0.5, 0.6) is 0 Å². The van der Waals surface area contributed by atoms with Crippen LogP contribution in [0, 0.1) is 0 Å². The summed E-state index contributed by atoms with van der Waals surface area (Å²) in [5.41, 5.74) is 3.42. The number of benzene rings is 1. The quantitative estimate of drug-likeness (QED) is 0.444. The molecule has 154 valence electrons. The van der Waals surface area contributed by atoms with E-state index >= 15 is 0 Å². The normalized spacial score (nSPS) is 12.9. The van der Waals surface area contributed by atoms with E-state index in [0.717, 1.165) is 16.8 Å². The molecule has 3 aromatic heterocycles. The van der Waals surface area contributed by atoms with E-state index in [1.807, 2.05) is 67.6 Å². The van der Waals surface area contributed by atoms with Crippen LogP contribution in [0.3, 0.4) is 0 Å². The van der Waals surface area contributed by atoms with Crippen molar-refractivity contribution >= 4 is 5.70 Å².